The second kappa shape index (κ2) is 6.83. The molecule has 1 aliphatic heterocycles. The second-order valence-electron chi connectivity index (χ2n) is 7.58. The van der Waals surface area contributed by atoms with Crippen molar-refractivity contribution < 1.29 is 19.0 Å². The van der Waals surface area contributed by atoms with Crippen molar-refractivity contribution in [1.82, 2.24) is 0 Å². The van der Waals surface area contributed by atoms with Gasteiger partial charge >= 0.3 is 0 Å². The van der Waals surface area contributed by atoms with Crippen LogP contribution in [0, 0.1) is 10.6 Å². The van der Waals surface area contributed by atoms with Crippen molar-refractivity contribution in [1.29, 1.82) is 0 Å². The molecule has 2 heterocycles. The highest BCUT2D eigenvalue weighted by atomic mass is 16.6. The van der Waals surface area contributed by atoms with Crippen LogP contribution in [0.25, 0.3) is 28.0 Å². The molecular weight excluding hydrogens is 342 g/mol. The van der Waals surface area contributed by atoms with Gasteiger partial charge in [-0.1, -0.05) is 50.2 Å². The molecule has 0 saturated heterocycles. The number of ether oxygens (including phenoxy) is 1. The number of benzene rings is 2. The number of aliphatic hydroxyl groups excluding tert-OH is 1. The van der Waals surface area contributed by atoms with Crippen LogP contribution >= 0.6 is 0 Å². The number of nitrogens with zero attached hydrogens (tertiary/aromatic N) is 1. The number of hydrogen-bond donors (Lipinski definition) is 1. The number of aliphatic hydroxyl groups is 1. The molecule has 5 heteroatoms. The third kappa shape index (κ3) is 3.13. The van der Waals surface area contributed by atoms with Crippen molar-refractivity contribution in [3.63, 3.8) is 0 Å². The fourth-order valence-corrected chi connectivity index (χ4v) is 3.78. The van der Waals surface area contributed by atoms with E-state index in [2.05, 4.69) is 0 Å². The van der Waals surface area contributed by atoms with Gasteiger partial charge in [-0.2, -0.15) is 4.74 Å². The maximum absolute atomic E-state index is 12.7. The van der Waals surface area contributed by atoms with Gasteiger partial charge in [0.2, 0.25) is 0 Å². The number of fused-ring (bicyclic) bond motifs is 3. The molecule has 0 saturated carbocycles. The van der Waals surface area contributed by atoms with Gasteiger partial charge in [0.1, 0.15) is 11.2 Å². The van der Waals surface area contributed by atoms with E-state index >= 15 is 0 Å². The Morgan fingerprint density at radius 3 is 2.78 bits per heavy atom. The maximum atomic E-state index is 12.7. The first-order valence-electron chi connectivity index (χ1n) is 9.14. The molecule has 0 radical (unpaired) electrons. The smallest absolute Gasteiger partial charge is 0.273 e. The van der Waals surface area contributed by atoms with Crippen molar-refractivity contribution in [2.75, 3.05) is 13.2 Å². The first-order valence-corrected chi connectivity index (χ1v) is 9.14. The molecule has 3 aromatic rings. The summed E-state index contributed by atoms with van der Waals surface area (Å²) in [6.07, 6.45) is 3.79. The second-order valence-corrected chi connectivity index (χ2v) is 7.58. The molecule has 27 heavy (non-hydrogen) atoms. The minimum Gasteiger partial charge on any atom is -0.622 e. The molecule has 0 aliphatic carbocycles. The topological polar surface area (TPSA) is 68.7 Å². The van der Waals surface area contributed by atoms with E-state index in [-0.39, 0.29) is 18.6 Å². The van der Waals surface area contributed by atoms with Crippen molar-refractivity contribution in [3.8, 4) is 0 Å². The summed E-state index contributed by atoms with van der Waals surface area (Å²) in [5.41, 5.74) is 2.95. The Labute approximate surface area is 157 Å². The first-order chi connectivity index (χ1) is 13.0. The summed E-state index contributed by atoms with van der Waals surface area (Å²) in [6, 6.07) is 14.0. The lowest BCUT2D eigenvalue weighted by Gasteiger charge is -2.23. The highest BCUT2D eigenvalue weighted by Crippen LogP contribution is 2.35. The Bertz CT molecular complexity index is 1040. The molecule has 0 bridgehead atoms. The standard InChI is InChI=1S/C22H23NO4/c1-22(2)14-16(23(25)21(22)26-13-12-24)11-10-15-6-5-8-18-17-7-3-4-9-19(17)27-20(15)18/h3-11,21,24H,12-14H2,1-2H3/b11-10+. The van der Waals surface area contributed by atoms with E-state index in [4.69, 9.17) is 14.3 Å². The Morgan fingerprint density at radius 2 is 1.96 bits per heavy atom. The van der Waals surface area contributed by atoms with Gasteiger partial charge in [0.25, 0.3) is 6.23 Å². The van der Waals surface area contributed by atoms with E-state index in [1.807, 2.05) is 68.5 Å². The normalized spacial score (nSPS) is 19.7. The molecule has 1 aromatic heterocycles. The van der Waals surface area contributed by atoms with Crippen LogP contribution in [0.4, 0.5) is 0 Å². The molecule has 140 valence electrons. The Hall–Kier alpha value is -2.63. The quantitative estimate of drug-likeness (QED) is 0.540. The summed E-state index contributed by atoms with van der Waals surface area (Å²) in [4.78, 5) is 0. The average molecular weight is 365 g/mol. The predicted molar refractivity (Wildman–Crippen MR) is 107 cm³/mol. The van der Waals surface area contributed by atoms with E-state index in [0.717, 1.165) is 32.2 Å². The molecule has 1 N–H and O–H groups in total. The van der Waals surface area contributed by atoms with Crippen LogP contribution < -0.4 is 0 Å². The SMILES string of the molecule is CC1(C)CC(/C=C/c2cccc3c2oc2ccccc23)=[N+]([O-])C1OCCO. The summed E-state index contributed by atoms with van der Waals surface area (Å²) in [6.45, 7) is 4.06. The van der Waals surface area contributed by atoms with Gasteiger partial charge in [-0.05, 0) is 12.1 Å². The molecule has 0 amide bonds. The first kappa shape index (κ1) is 17.8. The van der Waals surface area contributed by atoms with Crippen molar-refractivity contribution >= 4 is 33.7 Å². The number of furan rings is 1. The zero-order valence-corrected chi connectivity index (χ0v) is 15.5. The summed E-state index contributed by atoms with van der Waals surface area (Å²) < 4.78 is 12.5. The van der Waals surface area contributed by atoms with Crippen molar-refractivity contribution in [3.05, 3.63) is 59.3 Å². The molecule has 1 atom stereocenters. The largest absolute Gasteiger partial charge is 0.622 e. The third-order valence-corrected chi connectivity index (χ3v) is 5.06. The van der Waals surface area contributed by atoms with Crippen molar-refractivity contribution in [2.24, 2.45) is 5.41 Å². The van der Waals surface area contributed by atoms with E-state index in [9.17, 15) is 5.21 Å². The molecule has 1 aliphatic rings. The Morgan fingerprint density at radius 1 is 1.19 bits per heavy atom. The van der Waals surface area contributed by atoms with Crippen LogP contribution in [0.5, 0.6) is 0 Å². The summed E-state index contributed by atoms with van der Waals surface area (Å²) in [5, 5.41) is 23.8. The number of para-hydroxylation sites is 2. The van der Waals surface area contributed by atoms with Crippen LogP contribution in [-0.4, -0.2) is 35.0 Å². The molecule has 0 fully saturated rings. The Balaban J connectivity index is 1.70. The number of rotatable bonds is 5. The van der Waals surface area contributed by atoms with E-state index in [1.54, 1.807) is 0 Å². The molecule has 0 spiro atoms. The van der Waals surface area contributed by atoms with E-state index in [0.29, 0.717) is 12.1 Å². The monoisotopic (exact) mass is 365 g/mol. The Kier molecular flexibility index (Phi) is 4.50. The molecule has 5 nitrogen and oxygen atoms in total. The van der Waals surface area contributed by atoms with Gasteiger partial charge in [0.05, 0.1) is 18.6 Å². The lowest BCUT2D eigenvalue weighted by atomic mass is 9.88. The highest BCUT2D eigenvalue weighted by molar-refractivity contribution is 6.08. The van der Waals surface area contributed by atoms with Gasteiger partial charge in [0, 0.05) is 28.8 Å². The minimum atomic E-state index is -0.591. The lowest BCUT2D eigenvalue weighted by molar-refractivity contribution is -0.564. The average Bonchev–Trinajstić information content (AvgIpc) is 3.13. The molecule has 1 unspecified atom stereocenters. The van der Waals surface area contributed by atoms with Gasteiger partial charge in [-0.15, -0.1) is 0 Å². The van der Waals surface area contributed by atoms with Gasteiger partial charge in [-0.25, -0.2) is 0 Å². The van der Waals surface area contributed by atoms with Crippen LogP contribution in [0.2, 0.25) is 0 Å². The number of hydrogen-bond acceptors (Lipinski definition) is 4. The predicted octanol–water partition coefficient (Wildman–Crippen LogP) is 4.32. The summed E-state index contributed by atoms with van der Waals surface area (Å²) >= 11 is 0. The molecular formula is C22H23NO4. The fourth-order valence-electron chi connectivity index (χ4n) is 3.78. The molecule has 2 aromatic carbocycles. The maximum Gasteiger partial charge on any atom is 0.273 e. The van der Waals surface area contributed by atoms with Gasteiger partial charge in [-0.3, -0.25) is 0 Å². The lowest BCUT2D eigenvalue weighted by Crippen LogP contribution is -2.34. The fraction of sp³-hybridized carbons (Fsp3) is 0.318. The third-order valence-electron chi connectivity index (χ3n) is 5.06. The molecule has 4 rings (SSSR count). The summed E-state index contributed by atoms with van der Waals surface area (Å²) in [5.74, 6) is 0. The van der Waals surface area contributed by atoms with Crippen molar-refractivity contribution in [2.45, 2.75) is 26.5 Å². The number of hydroxylamine groups is 1. The zero-order chi connectivity index (χ0) is 19.0. The van der Waals surface area contributed by atoms with E-state index in [1.165, 1.54) is 0 Å². The zero-order valence-electron chi connectivity index (χ0n) is 15.5. The van der Waals surface area contributed by atoms with Crippen LogP contribution in [-0.2, 0) is 4.74 Å². The van der Waals surface area contributed by atoms with Gasteiger partial charge < -0.3 is 19.5 Å². The van der Waals surface area contributed by atoms with Crippen LogP contribution in [0.15, 0.2) is 53.0 Å². The van der Waals surface area contributed by atoms with Gasteiger partial charge in [0.15, 0.2) is 5.71 Å². The number of allylic oxidation sites excluding steroid dienone is 1. The van der Waals surface area contributed by atoms with Crippen LogP contribution in [0.1, 0.15) is 25.8 Å². The van der Waals surface area contributed by atoms with E-state index < -0.39 is 6.23 Å². The highest BCUT2D eigenvalue weighted by Gasteiger charge is 2.45. The minimum absolute atomic E-state index is 0.0976. The summed E-state index contributed by atoms with van der Waals surface area (Å²) in [7, 11) is 0. The van der Waals surface area contributed by atoms with Crippen LogP contribution in [0.3, 0.4) is 0 Å².